The van der Waals surface area contributed by atoms with Crippen LogP contribution < -0.4 is 10.6 Å². The Balaban J connectivity index is 0.00000264. The number of nitrogens with zero attached hydrogens (tertiary/aromatic N) is 2. The molecule has 0 fully saturated rings. The van der Waals surface area contributed by atoms with Gasteiger partial charge < -0.3 is 10.6 Å². The molecular weight excluding hydrogens is 443 g/mol. The number of benzene rings is 1. The van der Waals surface area contributed by atoms with Crippen LogP contribution in [0.5, 0.6) is 0 Å². The molecule has 0 radical (unpaired) electrons. The molecule has 2 N–H and O–H groups in total. The highest BCUT2D eigenvalue weighted by molar-refractivity contribution is 14.0. The summed E-state index contributed by atoms with van der Waals surface area (Å²) < 4.78 is 0. The number of hydrogen-bond donors (Lipinski definition) is 2. The number of aliphatic imine (C=N–C) groups is 1. The van der Waals surface area contributed by atoms with E-state index in [-0.39, 0.29) is 30.0 Å². The minimum Gasteiger partial charge on any atom is -0.356 e. The molecule has 1 heterocycles. The molecule has 2 rings (SSSR count). The van der Waals surface area contributed by atoms with E-state index in [9.17, 15) is 0 Å². The lowest BCUT2D eigenvalue weighted by molar-refractivity contribution is 0.684. The van der Waals surface area contributed by atoms with E-state index in [2.05, 4.69) is 40.5 Å². The molecule has 0 aliphatic carbocycles. The fraction of sp³-hybridized carbons (Fsp3) is 0.375. The van der Waals surface area contributed by atoms with Crippen LogP contribution in [0.25, 0.3) is 0 Å². The molecule has 23 heavy (non-hydrogen) atoms. The van der Waals surface area contributed by atoms with Gasteiger partial charge in [-0.05, 0) is 31.5 Å². The predicted octanol–water partition coefficient (Wildman–Crippen LogP) is 4.19. The summed E-state index contributed by atoms with van der Waals surface area (Å²) in [6.45, 7) is 4.96. The number of aromatic nitrogens is 1. The second kappa shape index (κ2) is 10.1. The third-order valence-electron chi connectivity index (χ3n) is 3.23. The standard InChI is InChI=1S/C16H21ClN4S.HI/c1-11-10-20-15(22-11)7-8-19-16(18-3)21-12(2)13-5-4-6-14(17)9-13;/h4-6,9-10,12H,7-8H2,1-3H3,(H2,18,19,21);1H. The van der Waals surface area contributed by atoms with Crippen LogP contribution in [0.15, 0.2) is 35.5 Å². The van der Waals surface area contributed by atoms with Crippen molar-refractivity contribution in [2.75, 3.05) is 13.6 Å². The van der Waals surface area contributed by atoms with Crippen molar-refractivity contribution < 1.29 is 0 Å². The molecule has 0 amide bonds. The number of rotatable bonds is 5. The number of nitrogens with one attached hydrogen (secondary N) is 2. The summed E-state index contributed by atoms with van der Waals surface area (Å²) in [5.41, 5.74) is 1.13. The van der Waals surface area contributed by atoms with E-state index in [1.54, 1.807) is 18.4 Å². The van der Waals surface area contributed by atoms with Gasteiger partial charge in [0.25, 0.3) is 0 Å². The lowest BCUT2D eigenvalue weighted by Crippen LogP contribution is -2.39. The molecule has 0 aliphatic heterocycles. The molecule has 0 saturated heterocycles. The molecule has 7 heteroatoms. The molecule has 0 spiro atoms. The first-order valence-electron chi connectivity index (χ1n) is 7.22. The Morgan fingerprint density at radius 1 is 1.43 bits per heavy atom. The zero-order chi connectivity index (χ0) is 15.9. The van der Waals surface area contributed by atoms with Gasteiger partial charge in [0.05, 0.1) is 11.0 Å². The van der Waals surface area contributed by atoms with E-state index >= 15 is 0 Å². The minimum absolute atomic E-state index is 0. The molecule has 0 bridgehead atoms. The van der Waals surface area contributed by atoms with Crippen LogP contribution in [0.4, 0.5) is 0 Å². The Kier molecular flexibility index (Phi) is 8.86. The third kappa shape index (κ3) is 6.64. The molecule has 1 aromatic carbocycles. The number of guanidine groups is 1. The monoisotopic (exact) mass is 464 g/mol. The average molecular weight is 465 g/mol. The van der Waals surface area contributed by atoms with Gasteiger partial charge in [-0.2, -0.15) is 0 Å². The van der Waals surface area contributed by atoms with Crippen molar-refractivity contribution in [2.45, 2.75) is 26.3 Å². The van der Waals surface area contributed by atoms with Crippen molar-refractivity contribution in [1.29, 1.82) is 0 Å². The first kappa shape index (κ1) is 20.2. The van der Waals surface area contributed by atoms with E-state index in [1.165, 1.54) is 4.88 Å². The van der Waals surface area contributed by atoms with Gasteiger partial charge in [0.2, 0.25) is 0 Å². The third-order valence-corrected chi connectivity index (χ3v) is 4.43. The molecule has 1 unspecified atom stereocenters. The van der Waals surface area contributed by atoms with Crippen molar-refractivity contribution in [3.05, 3.63) is 50.9 Å². The van der Waals surface area contributed by atoms with Crippen LogP contribution in [0, 0.1) is 6.92 Å². The fourth-order valence-corrected chi connectivity index (χ4v) is 3.05. The molecule has 0 aliphatic rings. The van der Waals surface area contributed by atoms with Crippen molar-refractivity contribution in [3.63, 3.8) is 0 Å². The lowest BCUT2D eigenvalue weighted by Gasteiger charge is -2.18. The number of thiazole rings is 1. The SMILES string of the molecule is CN=C(NCCc1ncc(C)s1)NC(C)c1cccc(Cl)c1.I. The van der Waals surface area contributed by atoms with Gasteiger partial charge in [0.1, 0.15) is 0 Å². The van der Waals surface area contributed by atoms with E-state index < -0.39 is 0 Å². The quantitative estimate of drug-likeness (QED) is 0.396. The first-order chi connectivity index (χ1) is 10.6. The van der Waals surface area contributed by atoms with Crippen LogP contribution >= 0.6 is 46.9 Å². The Labute approximate surface area is 163 Å². The summed E-state index contributed by atoms with van der Waals surface area (Å²) in [5, 5.41) is 8.57. The zero-order valence-electron chi connectivity index (χ0n) is 13.5. The van der Waals surface area contributed by atoms with E-state index in [0.29, 0.717) is 0 Å². The van der Waals surface area contributed by atoms with E-state index in [4.69, 9.17) is 11.6 Å². The maximum atomic E-state index is 6.03. The van der Waals surface area contributed by atoms with Crippen molar-refractivity contribution in [1.82, 2.24) is 15.6 Å². The Morgan fingerprint density at radius 3 is 2.83 bits per heavy atom. The van der Waals surface area contributed by atoms with Crippen LogP contribution in [0.2, 0.25) is 5.02 Å². The van der Waals surface area contributed by atoms with Crippen LogP contribution in [0.1, 0.15) is 28.4 Å². The predicted molar refractivity (Wildman–Crippen MR) is 110 cm³/mol. The molecule has 2 aromatic rings. The summed E-state index contributed by atoms with van der Waals surface area (Å²) in [6.07, 6.45) is 2.80. The number of aryl methyl sites for hydroxylation is 1. The summed E-state index contributed by atoms with van der Waals surface area (Å²) in [6, 6.07) is 7.98. The number of halogens is 2. The van der Waals surface area contributed by atoms with Gasteiger partial charge in [-0.1, -0.05) is 23.7 Å². The van der Waals surface area contributed by atoms with E-state index in [0.717, 1.165) is 34.5 Å². The zero-order valence-corrected chi connectivity index (χ0v) is 17.4. The molecule has 0 saturated carbocycles. The second-order valence-corrected chi connectivity index (χ2v) is 6.79. The Bertz CT molecular complexity index is 645. The molecular formula is C16H22ClIN4S. The summed E-state index contributed by atoms with van der Waals surface area (Å²) in [5.74, 6) is 0.778. The summed E-state index contributed by atoms with van der Waals surface area (Å²) in [4.78, 5) is 9.86. The van der Waals surface area contributed by atoms with Crippen molar-refractivity contribution >= 4 is 52.9 Å². The molecule has 1 atom stereocenters. The molecule has 126 valence electrons. The fourth-order valence-electron chi connectivity index (χ4n) is 2.06. The normalized spacial score (nSPS) is 12.4. The number of hydrogen-bond acceptors (Lipinski definition) is 3. The van der Waals surface area contributed by atoms with Crippen molar-refractivity contribution in [2.24, 2.45) is 4.99 Å². The van der Waals surface area contributed by atoms with E-state index in [1.807, 2.05) is 24.4 Å². The summed E-state index contributed by atoms with van der Waals surface area (Å²) >= 11 is 7.77. The molecule has 1 aromatic heterocycles. The van der Waals surface area contributed by atoms with Crippen LogP contribution in [0.3, 0.4) is 0 Å². The molecule has 4 nitrogen and oxygen atoms in total. The van der Waals surface area contributed by atoms with Gasteiger partial charge in [-0.25, -0.2) is 4.98 Å². The van der Waals surface area contributed by atoms with Crippen molar-refractivity contribution in [3.8, 4) is 0 Å². The van der Waals surface area contributed by atoms with Crippen LogP contribution in [-0.4, -0.2) is 24.5 Å². The van der Waals surface area contributed by atoms with Gasteiger partial charge in [0, 0.05) is 36.1 Å². The van der Waals surface area contributed by atoms with Gasteiger partial charge >= 0.3 is 0 Å². The smallest absolute Gasteiger partial charge is 0.191 e. The highest BCUT2D eigenvalue weighted by Gasteiger charge is 2.08. The lowest BCUT2D eigenvalue weighted by atomic mass is 10.1. The Hall–Kier alpha value is -0.860. The second-order valence-electron chi connectivity index (χ2n) is 5.03. The minimum atomic E-state index is 0. The van der Waals surface area contributed by atoms with Crippen LogP contribution in [-0.2, 0) is 6.42 Å². The first-order valence-corrected chi connectivity index (χ1v) is 8.42. The summed E-state index contributed by atoms with van der Waals surface area (Å²) in [7, 11) is 1.77. The maximum absolute atomic E-state index is 6.03. The van der Waals surface area contributed by atoms with Gasteiger partial charge in [-0.3, -0.25) is 4.99 Å². The Morgan fingerprint density at radius 2 is 2.22 bits per heavy atom. The maximum Gasteiger partial charge on any atom is 0.191 e. The van der Waals surface area contributed by atoms with Gasteiger partial charge in [0.15, 0.2) is 5.96 Å². The van der Waals surface area contributed by atoms with Gasteiger partial charge in [-0.15, -0.1) is 35.3 Å². The topological polar surface area (TPSA) is 49.3 Å². The highest BCUT2D eigenvalue weighted by atomic mass is 127. The average Bonchev–Trinajstić information content (AvgIpc) is 2.91. The highest BCUT2D eigenvalue weighted by Crippen LogP contribution is 2.17. The largest absolute Gasteiger partial charge is 0.356 e.